The minimum absolute atomic E-state index is 0. The van der Waals surface area contributed by atoms with Gasteiger partial charge in [0, 0.05) is 17.2 Å². The largest absolute Gasteiger partial charge is 1.00 e. The minimum Gasteiger partial charge on any atom is -1.00 e. The molecule has 0 heterocycles. The Morgan fingerprint density at radius 1 is 1.57 bits per heavy atom. The molecule has 0 amide bonds. The van der Waals surface area contributed by atoms with Gasteiger partial charge < -0.3 is 1.43 Å². The van der Waals surface area contributed by atoms with Crippen LogP contribution >= 0.6 is 12.6 Å². The molecular weight excluding hydrogens is 233 g/mol. The summed E-state index contributed by atoms with van der Waals surface area (Å²) in [5.41, 5.74) is -0.115. The van der Waals surface area contributed by atoms with Crippen LogP contribution in [0.15, 0.2) is 28.0 Å². The number of benzene rings is 1. The Bertz CT molecular complexity index is 388. The summed E-state index contributed by atoms with van der Waals surface area (Å²) in [6, 6.07) is 4.31. The van der Waals surface area contributed by atoms with Crippen LogP contribution in [0.4, 0.5) is 5.69 Å². The van der Waals surface area contributed by atoms with Crippen LogP contribution in [0.1, 0.15) is 1.43 Å². The predicted molar refractivity (Wildman–Crippen MR) is 53.8 cm³/mol. The van der Waals surface area contributed by atoms with Crippen LogP contribution in [0.2, 0.25) is 0 Å². The predicted octanol–water partition coefficient (Wildman–Crippen LogP) is -1.26. The molecule has 0 fully saturated rings. The number of hydrogen-bond donors (Lipinski definition) is 1. The molecule has 4 nitrogen and oxygen atoms in total. The van der Waals surface area contributed by atoms with E-state index in [0.29, 0.717) is 4.90 Å². The molecule has 1 unspecified atom stereocenters. The quantitative estimate of drug-likeness (QED) is 0.304. The number of nitrogens with zero attached hydrogens (tertiary/aromatic N) is 1. The average Bonchev–Trinajstić information content (AvgIpc) is 2.04. The summed E-state index contributed by atoms with van der Waals surface area (Å²) in [5, 5.41) is 10.5. The van der Waals surface area contributed by atoms with Crippen molar-refractivity contribution in [2.24, 2.45) is 0 Å². The molecule has 0 N–H and O–H groups in total. The van der Waals surface area contributed by atoms with Crippen molar-refractivity contribution in [1.82, 2.24) is 0 Å². The van der Waals surface area contributed by atoms with Crippen LogP contribution < -0.4 is 29.6 Å². The van der Waals surface area contributed by atoms with Gasteiger partial charge in [0.25, 0.3) is 5.69 Å². The fourth-order valence-corrected chi connectivity index (χ4v) is 1.59. The normalized spacial score (nSPS) is 11.6. The monoisotopic (exact) mass is 241 g/mol. The maximum absolute atomic E-state index is 11.0. The molecule has 1 atom stereocenters. The molecular formula is C7H8NNaO3S2. The van der Waals surface area contributed by atoms with Crippen molar-refractivity contribution >= 4 is 29.1 Å². The van der Waals surface area contributed by atoms with E-state index in [1.807, 2.05) is 0 Å². The zero-order valence-electron chi connectivity index (χ0n) is 8.76. The smallest absolute Gasteiger partial charge is 1.00 e. The maximum atomic E-state index is 11.0. The summed E-state index contributed by atoms with van der Waals surface area (Å²) in [6.07, 6.45) is 1.47. The molecule has 0 aliphatic heterocycles. The Morgan fingerprint density at radius 3 is 2.57 bits per heavy atom. The fourth-order valence-electron chi connectivity index (χ4n) is 0.828. The molecule has 0 aliphatic rings. The standard InChI is InChI=1S/C7H7NO3S2.Na.H/c1-13(11)5-2-3-7(12)6(4-5)8(9)10;;/h2-4,12H,1H3;;/q;+1;-1. The van der Waals surface area contributed by atoms with E-state index in [0.717, 1.165) is 0 Å². The Kier molecular flexibility index (Phi) is 5.92. The van der Waals surface area contributed by atoms with E-state index in [2.05, 4.69) is 12.6 Å². The summed E-state index contributed by atoms with van der Waals surface area (Å²) in [5.74, 6) is 0. The molecule has 0 aromatic heterocycles. The van der Waals surface area contributed by atoms with Crippen molar-refractivity contribution in [2.75, 3.05) is 6.26 Å². The van der Waals surface area contributed by atoms with E-state index in [4.69, 9.17) is 0 Å². The van der Waals surface area contributed by atoms with Crippen molar-refractivity contribution in [3.05, 3.63) is 28.3 Å². The topological polar surface area (TPSA) is 60.2 Å². The van der Waals surface area contributed by atoms with Crippen molar-refractivity contribution in [1.29, 1.82) is 0 Å². The zero-order valence-corrected chi connectivity index (χ0v) is 11.5. The van der Waals surface area contributed by atoms with Gasteiger partial charge in [-0.3, -0.25) is 14.3 Å². The van der Waals surface area contributed by atoms with E-state index < -0.39 is 15.7 Å². The third-order valence-corrected chi connectivity index (χ3v) is 2.77. The summed E-state index contributed by atoms with van der Waals surface area (Å²) < 4.78 is 11.0. The molecule has 0 spiro atoms. The van der Waals surface area contributed by atoms with Gasteiger partial charge in [0.2, 0.25) is 0 Å². The Labute approximate surface area is 113 Å². The molecule has 0 saturated carbocycles. The molecule has 0 aliphatic carbocycles. The number of nitro groups is 1. The first-order valence-electron chi connectivity index (χ1n) is 3.33. The molecule has 1 rings (SSSR count). The first-order valence-corrected chi connectivity index (χ1v) is 5.33. The van der Waals surface area contributed by atoms with Gasteiger partial charge in [-0.1, -0.05) is 0 Å². The molecule has 0 saturated heterocycles. The van der Waals surface area contributed by atoms with Crippen LogP contribution in [-0.2, 0) is 10.8 Å². The Morgan fingerprint density at radius 2 is 2.14 bits per heavy atom. The molecule has 0 radical (unpaired) electrons. The van der Waals surface area contributed by atoms with Crippen molar-refractivity contribution < 1.29 is 40.1 Å². The minimum atomic E-state index is -1.20. The summed E-state index contributed by atoms with van der Waals surface area (Å²) in [4.78, 5) is 10.6. The van der Waals surface area contributed by atoms with Crippen LogP contribution in [0.5, 0.6) is 0 Å². The van der Waals surface area contributed by atoms with E-state index in [-0.39, 0.29) is 41.6 Å². The molecule has 1 aromatic rings. The van der Waals surface area contributed by atoms with Gasteiger partial charge in [-0.05, 0) is 12.1 Å². The fraction of sp³-hybridized carbons (Fsp3) is 0.143. The Hall–Kier alpha value is 0.120. The van der Waals surface area contributed by atoms with Gasteiger partial charge in [0.15, 0.2) is 0 Å². The van der Waals surface area contributed by atoms with Crippen LogP contribution in [-0.4, -0.2) is 15.4 Å². The van der Waals surface area contributed by atoms with Crippen LogP contribution in [0.25, 0.3) is 0 Å². The van der Waals surface area contributed by atoms with Crippen LogP contribution in [0.3, 0.4) is 0 Å². The molecule has 0 bridgehead atoms. The summed E-state index contributed by atoms with van der Waals surface area (Å²) in [6.45, 7) is 0. The van der Waals surface area contributed by atoms with Crippen LogP contribution in [0, 0.1) is 10.1 Å². The van der Waals surface area contributed by atoms with Crippen molar-refractivity contribution in [3.8, 4) is 0 Å². The van der Waals surface area contributed by atoms with E-state index in [1.165, 1.54) is 18.4 Å². The van der Waals surface area contributed by atoms with Gasteiger partial charge in [-0.25, -0.2) is 0 Å². The molecule has 14 heavy (non-hydrogen) atoms. The third kappa shape index (κ3) is 3.36. The van der Waals surface area contributed by atoms with Crippen molar-refractivity contribution in [2.45, 2.75) is 9.79 Å². The molecule has 72 valence electrons. The number of rotatable bonds is 2. The second-order valence-electron chi connectivity index (χ2n) is 2.36. The first-order chi connectivity index (χ1) is 6.02. The Balaban J connectivity index is 0. The van der Waals surface area contributed by atoms with Gasteiger partial charge in [0.05, 0.1) is 20.6 Å². The number of hydrogen-bond acceptors (Lipinski definition) is 4. The van der Waals surface area contributed by atoms with Gasteiger partial charge >= 0.3 is 29.6 Å². The maximum Gasteiger partial charge on any atom is 1.00 e. The summed E-state index contributed by atoms with van der Waals surface area (Å²) >= 11 is 3.91. The average molecular weight is 241 g/mol. The molecule has 7 heteroatoms. The second kappa shape index (κ2) is 5.87. The number of nitro benzene ring substituents is 1. The van der Waals surface area contributed by atoms with Gasteiger partial charge in [0.1, 0.15) is 0 Å². The summed E-state index contributed by atoms with van der Waals surface area (Å²) in [7, 11) is -1.20. The second-order valence-corrected chi connectivity index (χ2v) is 4.22. The van der Waals surface area contributed by atoms with Gasteiger partial charge in [-0.15, -0.1) is 12.6 Å². The third-order valence-electron chi connectivity index (χ3n) is 1.48. The van der Waals surface area contributed by atoms with Crippen molar-refractivity contribution in [3.63, 3.8) is 0 Å². The first kappa shape index (κ1) is 14.1. The van der Waals surface area contributed by atoms with Gasteiger partial charge in [-0.2, -0.15) is 0 Å². The number of thiol groups is 1. The SMILES string of the molecule is CS(=O)c1ccc(S)c([N+](=O)[O-])c1.[H-].[Na+]. The van der Waals surface area contributed by atoms with E-state index >= 15 is 0 Å². The zero-order chi connectivity index (χ0) is 10.0. The van der Waals surface area contributed by atoms with E-state index in [1.54, 1.807) is 6.07 Å². The molecule has 1 aromatic carbocycles. The van der Waals surface area contributed by atoms with E-state index in [9.17, 15) is 14.3 Å².